The van der Waals surface area contributed by atoms with E-state index in [-0.39, 0.29) is 12.4 Å². The molecule has 23 heavy (non-hydrogen) atoms. The quantitative estimate of drug-likeness (QED) is 0.726. The standard InChI is InChI=1S/C17H18BrClFNO2/c1-11(22)8-21-9-13-6-14(18)3-5-17(13)23-10-12-2-4-15(20)7-16(12)19/h2-7,11,21-22H,8-10H2,1H3. The van der Waals surface area contributed by atoms with Crippen molar-refractivity contribution in [1.82, 2.24) is 5.32 Å². The SMILES string of the molecule is CC(O)CNCc1cc(Br)ccc1OCc1ccc(F)cc1Cl. The number of ether oxygens (including phenoxy) is 1. The number of benzene rings is 2. The molecule has 1 unspecified atom stereocenters. The molecule has 124 valence electrons. The van der Waals surface area contributed by atoms with Crippen molar-refractivity contribution in [2.75, 3.05) is 6.54 Å². The molecular weight excluding hydrogens is 385 g/mol. The van der Waals surface area contributed by atoms with Crippen molar-refractivity contribution in [3.63, 3.8) is 0 Å². The molecule has 2 aromatic rings. The molecule has 0 heterocycles. The summed E-state index contributed by atoms with van der Waals surface area (Å²) >= 11 is 9.45. The molecule has 6 heteroatoms. The lowest BCUT2D eigenvalue weighted by atomic mass is 10.2. The summed E-state index contributed by atoms with van der Waals surface area (Å²) < 4.78 is 19.8. The van der Waals surface area contributed by atoms with Crippen LogP contribution >= 0.6 is 27.5 Å². The van der Waals surface area contributed by atoms with Gasteiger partial charge in [0.15, 0.2) is 0 Å². The largest absolute Gasteiger partial charge is 0.489 e. The van der Waals surface area contributed by atoms with Gasteiger partial charge in [-0.15, -0.1) is 0 Å². The van der Waals surface area contributed by atoms with Crippen molar-refractivity contribution in [2.45, 2.75) is 26.2 Å². The summed E-state index contributed by atoms with van der Waals surface area (Å²) in [5, 5.41) is 12.8. The minimum atomic E-state index is -0.412. The van der Waals surface area contributed by atoms with Crippen LogP contribution in [0.1, 0.15) is 18.1 Å². The molecule has 0 bridgehead atoms. The summed E-state index contributed by atoms with van der Waals surface area (Å²) in [7, 11) is 0. The Kier molecular flexibility index (Phi) is 6.84. The zero-order chi connectivity index (χ0) is 16.8. The van der Waals surface area contributed by atoms with Gasteiger partial charge in [-0.1, -0.05) is 33.6 Å². The molecule has 2 N–H and O–H groups in total. The summed E-state index contributed by atoms with van der Waals surface area (Å²) in [6.45, 7) is 3.04. The summed E-state index contributed by atoms with van der Waals surface area (Å²) in [6.07, 6.45) is -0.412. The molecule has 0 aliphatic rings. The maximum atomic E-state index is 13.1. The molecule has 0 saturated heterocycles. The fraction of sp³-hybridized carbons (Fsp3) is 0.294. The summed E-state index contributed by atoms with van der Waals surface area (Å²) in [5.74, 6) is 0.345. The Morgan fingerprint density at radius 3 is 2.74 bits per heavy atom. The molecule has 0 radical (unpaired) electrons. The van der Waals surface area contributed by atoms with E-state index in [0.29, 0.717) is 23.9 Å². The van der Waals surface area contributed by atoms with Gasteiger partial charge in [-0.05, 0) is 37.3 Å². The predicted octanol–water partition coefficient (Wildman–Crippen LogP) is 4.29. The Balaban J connectivity index is 2.06. The van der Waals surface area contributed by atoms with Crippen LogP contribution in [0.25, 0.3) is 0 Å². The van der Waals surface area contributed by atoms with Gasteiger partial charge in [-0.2, -0.15) is 0 Å². The number of halogens is 3. The molecule has 0 amide bonds. The van der Waals surface area contributed by atoms with Crippen molar-refractivity contribution in [3.8, 4) is 5.75 Å². The van der Waals surface area contributed by atoms with Crippen LogP contribution in [-0.2, 0) is 13.2 Å². The number of aliphatic hydroxyl groups is 1. The Labute approximate surface area is 148 Å². The second kappa shape index (κ2) is 8.64. The van der Waals surface area contributed by atoms with Gasteiger partial charge in [0.1, 0.15) is 18.2 Å². The van der Waals surface area contributed by atoms with E-state index in [2.05, 4.69) is 21.2 Å². The van der Waals surface area contributed by atoms with Crippen LogP contribution in [0.3, 0.4) is 0 Å². The van der Waals surface area contributed by atoms with E-state index >= 15 is 0 Å². The van der Waals surface area contributed by atoms with Crippen LogP contribution in [0.4, 0.5) is 4.39 Å². The van der Waals surface area contributed by atoms with Crippen molar-refractivity contribution < 1.29 is 14.2 Å². The van der Waals surface area contributed by atoms with Crippen LogP contribution in [0.5, 0.6) is 5.75 Å². The molecule has 0 fully saturated rings. The summed E-state index contributed by atoms with van der Waals surface area (Å²) in [6, 6.07) is 9.95. The highest BCUT2D eigenvalue weighted by Gasteiger charge is 2.08. The Morgan fingerprint density at radius 1 is 1.26 bits per heavy atom. The van der Waals surface area contributed by atoms with Crippen molar-refractivity contribution >= 4 is 27.5 Å². The molecule has 3 nitrogen and oxygen atoms in total. The van der Waals surface area contributed by atoms with Gasteiger partial charge in [0.05, 0.1) is 11.1 Å². The van der Waals surface area contributed by atoms with Crippen molar-refractivity contribution in [1.29, 1.82) is 0 Å². The highest BCUT2D eigenvalue weighted by molar-refractivity contribution is 9.10. The van der Waals surface area contributed by atoms with Crippen LogP contribution in [0.15, 0.2) is 40.9 Å². The van der Waals surface area contributed by atoms with E-state index in [9.17, 15) is 9.50 Å². The lowest BCUT2D eigenvalue weighted by molar-refractivity contribution is 0.190. The van der Waals surface area contributed by atoms with Crippen molar-refractivity contribution in [3.05, 3.63) is 62.8 Å². The smallest absolute Gasteiger partial charge is 0.124 e. The summed E-state index contributed by atoms with van der Waals surface area (Å²) in [5.41, 5.74) is 1.68. The number of hydrogen-bond acceptors (Lipinski definition) is 3. The summed E-state index contributed by atoms with van der Waals surface area (Å²) in [4.78, 5) is 0. The second-order valence-corrected chi connectivity index (χ2v) is 6.58. The molecule has 2 aromatic carbocycles. The molecule has 0 spiro atoms. The molecule has 0 aliphatic heterocycles. The van der Waals surface area contributed by atoms with Gasteiger partial charge < -0.3 is 15.2 Å². The van der Waals surface area contributed by atoms with Gasteiger partial charge in [0.25, 0.3) is 0 Å². The van der Waals surface area contributed by atoms with Gasteiger partial charge in [-0.3, -0.25) is 0 Å². The van der Waals surface area contributed by atoms with Gasteiger partial charge in [-0.25, -0.2) is 4.39 Å². The lowest BCUT2D eigenvalue weighted by Crippen LogP contribution is -2.24. The topological polar surface area (TPSA) is 41.5 Å². The third-order valence-corrected chi connectivity index (χ3v) is 4.02. The Bertz CT molecular complexity index is 667. The molecule has 1 atom stereocenters. The van der Waals surface area contributed by atoms with E-state index in [1.165, 1.54) is 12.1 Å². The fourth-order valence-electron chi connectivity index (χ4n) is 2.04. The first-order valence-corrected chi connectivity index (χ1v) is 8.36. The van der Waals surface area contributed by atoms with Crippen molar-refractivity contribution in [2.24, 2.45) is 0 Å². The average molecular weight is 403 g/mol. The minimum Gasteiger partial charge on any atom is -0.489 e. The first-order chi connectivity index (χ1) is 11.0. The Morgan fingerprint density at radius 2 is 2.04 bits per heavy atom. The monoisotopic (exact) mass is 401 g/mol. The third kappa shape index (κ3) is 5.77. The first-order valence-electron chi connectivity index (χ1n) is 7.19. The predicted molar refractivity (Wildman–Crippen MR) is 93.3 cm³/mol. The van der Waals surface area contributed by atoms with Crippen LogP contribution in [-0.4, -0.2) is 17.8 Å². The molecule has 2 rings (SSSR count). The molecule has 0 saturated carbocycles. The number of aliphatic hydroxyl groups excluding tert-OH is 1. The van der Waals surface area contributed by atoms with E-state index < -0.39 is 6.10 Å². The minimum absolute atomic E-state index is 0.254. The molecule has 0 aromatic heterocycles. The number of nitrogens with one attached hydrogen (secondary N) is 1. The van der Waals surface area contributed by atoms with E-state index in [0.717, 1.165) is 15.6 Å². The van der Waals surface area contributed by atoms with E-state index in [4.69, 9.17) is 16.3 Å². The molecular formula is C17H18BrClFNO2. The van der Waals surface area contributed by atoms with Gasteiger partial charge in [0.2, 0.25) is 0 Å². The Hall–Kier alpha value is -1.14. The highest BCUT2D eigenvalue weighted by Crippen LogP contribution is 2.25. The van der Waals surface area contributed by atoms with Gasteiger partial charge >= 0.3 is 0 Å². The zero-order valence-electron chi connectivity index (χ0n) is 12.7. The van der Waals surface area contributed by atoms with Crippen LogP contribution in [0.2, 0.25) is 5.02 Å². The zero-order valence-corrected chi connectivity index (χ0v) is 15.0. The average Bonchev–Trinajstić information content (AvgIpc) is 2.47. The van der Waals surface area contributed by atoms with Crippen LogP contribution < -0.4 is 10.1 Å². The lowest BCUT2D eigenvalue weighted by Gasteiger charge is -2.14. The maximum Gasteiger partial charge on any atom is 0.124 e. The molecule has 0 aliphatic carbocycles. The normalized spacial score (nSPS) is 12.2. The van der Waals surface area contributed by atoms with E-state index in [1.54, 1.807) is 13.0 Å². The fourth-order valence-corrected chi connectivity index (χ4v) is 2.67. The first kappa shape index (κ1) is 18.2. The third-order valence-electron chi connectivity index (χ3n) is 3.18. The maximum absolute atomic E-state index is 13.1. The number of rotatable bonds is 7. The van der Waals surface area contributed by atoms with Crippen LogP contribution in [0, 0.1) is 5.82 Å². The van der Waals surface area contributed by atoms with Gasteiger partial charge in [0, 0.05) is 28.7 Å². The second-order valence-electron chi connectivity index (χ2n) is 5.26. The highest BCUT2D eigenvalue weighted by atomic mass is 79.9. The number of hydrogen-bond donors (Lipinski definition) is 2. The van der Waals surface area contributed by atoms with E-state index in [1.807, 2.05) is 18.2 Å².